The lowest BCUT2D eigenvalue weighted by Crippen LogP contribution is -2.00. The molecule has 6 nitrogen and oxygen atoms in total. The van der Waals surface area contributed by atoms with Crippen molar-refractivity contribution in [1.29, 1.82) is 0 Å². The van der Waals surface area contributed by atoms with Crippen LogP contribution in [0.3, 0.4) is 0 Å². The number of benzene rings is 8. The van der Waals surface area contributed by atoms with Crippen LogP contribution in [0.25, 0.3) is 112 Å². The van der Waals surface area contributed by atoms with Crippen molar-refractivity contribution in [3.63, 3.8) is 0 Å². The Morgan fingerprint density at radius 1 is 0.306 bits per heavy atom. The molecule has 6 heteroatoms. The fourth-order valence-corrected chi connectivity index (χ4v) is 8.97. The monoisotopic (exact) mass is 792 g/mol. The molecule has 0 saturated carbocycles. The highest BCUT2D eigenvalue weighted by Crippen LogP contribution is 2.40. The highest BCUT2D eigenvalue weighted by Gasteiger charge is 2.19. The van der Waals surface area contributed by atoms with Crippen LogP contribution in [0.4, 0.5) is 0 Å². The molecule has 12 aromatic rings. The maximum absolute atomic E-state index is 5.15. The van der Waals surface area contributed by atoms with Crippen LogP contribution in [-0.2, 0) is 0 Å². The zero-order chi connectivity index (χ0) is 41.0. The molecule has 0 unspecified atom stereocenters. The topological polar surface area (TPSA) is 61.4 Å². The number of hydrogen-bond donors (Lipinski definition) is 0. The van der Waals surface area contributed by atoms with Crippen molar-refractivity contribution in [2.45, 2.75) is 0 Å². The molecule has 12 rings (SSSR count). The Morgan fingerprint density at radius 2 is 0.839 bits per heavy atom. The molecule has 0 spiro atoms. The largest absolute Gasteiger partial charge is 0.309 e. The molecule has 4 heterocycles. The molecule has 8 aromatic carbocycles. The number of hydrogen-bond acceptors (Lipinski definition) is 4. The molecule has 290 valence electrons. The van der Waals surface area contributed by atoms with Crippen LogP contribution in [0.1, 0.15) is 0 Å². The summed E-state index contributed by atoms with van der Waals surface area (Å²) in [5, 5.41) is 4.77. The summed E-state index contributed by atoms with van der Waals surface area (Å²) in [5.41, 5.74) is 12.9. The van der Waals surface area contributed by atoms with E-state index in [4.69, 9.17) is 19.9 Å². The first-order valence-corrected chi connectivity index (χ1v) is 20.8. The van der Waals surface area contributed by atoms with Crippen LogP contribution in [0.2, 0.25) is 0 Å². The maximum Gasteiger partial charge on any atom is 0.164 e. The average Bonchev–Trinajstić information content (AvgIpc) is 3.87. The Bertz CT molecular complexity index is 3550. The first kappa shape index (κ1) is 35.5. The van der Waals surface area contributed by atoms with Crippen LogP contribution < -0.4 is 0 Å². The predicted molar refractivity (Wildman–Crippen MR) is 253 cm³/mol. The Morgan fingerprint density at radius 3 is 1.53 bits per heavy atom. The SMILES string of the molecule is c1ccc(-c2nc(-c3ccccc3)nc(-c3cccc(-c4cccc5c4c4ccccc4n5-c4ccc(-c5ccc6c(c5)c5ccccc5n6-c5ccccc5)cn4)c3)n2)cc1. The average molecular weight is 793 g/mol. The molecule has 0 saturated heterocycles. The Balaban J connectivity index is 0.950. The maximum atomic E-state index is 5.15. The van der Waals surface area contributed by atoms with E-state index in [1.165, 1.54) is 21.8 Å². The second-order valence-corrected chi connectivity index (χ2v) is 15.5. The van der Waals surface area contributed by atoms with E-state index in [0.717, 1.165) is 72.3 Å². The molecular weight excluding hydrogens is 757 g/mol. The second-order valence-electron chi connectivity index (χ2n) is 15.5. The van der Waals surface area contributed by atoms with Gasteiger partial charge in [0.05, 0.1) is 22.1 Å². The highest BCUT2D eigenvalue weighted by atomic mass is 15.1. The van der Waals surface area contributed by atoms with Gasteiger partial charge in [-0.05, 0) is 77.4 Å². The summed E-state index contributed by atoms with van der Waals surface area (Å²) in [6, 6.07) is 74.2. The van der Waals surface area contributed by atoms with E-state index < -0.39 is 0 Å². The number of para-hydroxylation sites is 3. The van der Waals surface area contributed by atoms with Gasteiger partial charge in [0.2, 0.25) is 0 Å². The van der Waals surface area contributed by atoms with Gasteiger partial charge in [-0.15, -0.1) is 0 Å². The minimum Gasteiger partial charge on any atom is -0.309 e. The molecular formula is C56H36N6. The molecule has 0 fully saturated rings. The van der Waals surface area contributed by atoms with Crippen molar-refractivity contribution < 1.29 is 0 Å². The van der Waals surface area contributed by atoms with Crippen molar-refractivity contribution in [1.82, 2.24) is 29.1 Å². The number of rotatable bonds is 7. The number of aromatic nitrogens is 6. The van der Waals surface area contributed by atoms with Gasteiger partial charge in [0, 0.05) is 55.7 Å². The van der Waals surface area contributed by atoms with Crippen molar-refractivity contribution in [3.05, 3.63) is 219 Å². The van der Waals surface area contributed by atoms with Gasteiger partial charge in [-0.1, -0.05) is 152 Å². The van der Waals surface area contributed by atoms with Gasteiger partial charge < -0.3 is 4.57 Å². The van der Waals surface area contributed by atoms with Gasteiger partial charge in [-0.3, -0.25) is 4.57 Å². The summed E-state index contributed by atoms with van der Waals surface area (Å²) in [7, 11) is 0. The van der Waals surface area contributed by atoms with Gasteiger partial charge >= 0.3 is 0 Å². The minimum atomic E-state index is 0.625. The van der Waals surface area contributed by atoms with E-state index in [9.17, 15) is 0 Å². The van der Waals surface area contributed by atoms with Crippen molar-refractivity contribution in [3.8, 4) is 67.9 Å². The van der Waals surface area contributed by atoms with Gasteiger partial charge in [-0.25, -0.2) is 19.9 Å². The lowest BCUT2D eigenvalue weighted by atomic mass is 9.97. The summed E-state index contributed by atoms with van der Waals surface area (Å²) >= 11 is 0. The number of nitrogens with zero attached hydrogens (tertiary/aromatic N) is 6. The van der Waals surface area contributed by atoms with Crippen molar-refractivity contribution >= 4 is 43.6 Å². The third-order valence-corrected chi connectivity index (χ3v) is 11.8. The van der Waals surface area contributed by atoms with Gasteiger partial charge in [0.15, 0.2) is 17.5 Å². The standard InChI is InChI=1S/C56H36N6/c1-4-16-37(17-5-1)54-58-55(38-18-6-2-7-19-38)60-56(59-54)41-21-14-20-40(34-41)44-26-15-29-51-53(44)46-25-11-13-28-49(46)62(51)52-33-31-42(36-57-52)39-30-32-50-47(35-39)45-24-10-12-27-48(45)61(50)43-22-8-3-9-23-43/h1-36H. The number of fused-ring (bicyclic) bond motifs is 6. The molecule has 0 amide bonds. The van der Waals surface area contributed by atoms with Crippen LogP contribution in [0, 0.1) is 0 Å². The Hall–Kier alpha value is -8.48. The summed E-state index contributed by atoms with van der Waals surface area (Å²) < 4.78 is 4.63. The van der Waals surface area contributed by atoms with E-state index in [1.54, 1.807) is 0 Å². The molecule has 0 aliphatic carbocycles. The third kappa shape index (κ3) is 5.96. The van der Waals surface area contributed by atoms with Crippen LogP contribution in [0.5, 0.6) is 0 Å². The van der Waals surface area contributed by atoms with Crippen molar-refractivity contribution in [2.24, 2.45) is 0 Å². The Labute approximate surface area is 357 Å². The first-order valence-electron chi connectivity index (χ1n) is 20.8. The van der Waals surface area contributed by atoms with E-state index in [0.29, 0.717) is 17.5 Å². The second kappa shape index (κ2) is 14.7. The van der Waals surface area contributed by atoms with E-state index in [1.807, 2.05) is 66.9 Å². The normalized spacial score (nSPS) is 11.5. The van der Waals surface area contributed by atoms with E-state index in [2.05, 4.69) is 161 Å². The highest BCUT2D eigenvalue weighted by molar-refractivity contribution is 6.16. The molecule has 4 aromatic heterocycles. The van der Waals surface area contributed by atoms with Gasteiger partial charge in [-0.2, -0.15) is 0 Å². The summed E-state index contributed by atoms with van der Waals surface area (Å²) in [4.78, 5) is 20.1. The molecule has 0 atom stereocenters. The zero-order valence-electron chi connectivity index (χ0n) is 33.5. The molecule has 0 bridgehead atoms. The lowest BCUT2D eigenvalue weighted by Gasteiger charge is -2.11. The molecule has 0 N–H and O–H groups in total. The van der Waals surface area contributed by atoms with Gasteiger partial charge in [0.1, 0.15) is 5.82 Å². The minimum absolute atomic E-state index is 0.625. The molecule has 0 aliphatic rings. The van der Waals surface area contributed by atoms with Crippen LogP contribution >= 0.6 is 0 Å². The van der Waals surface area contributed by atoms with E-state index >= 15 is 0 Å². The van der Waals surface area contributed by atoms with E-state index in [-0.39, 0.29) is 0 Å². The quantitative estimate of drug-likeness (QED) is 0.161. The predicted octanol–water partition coefficient (Wildman–Crippen LogP) is 13.8. The first-order chi connectivity index (χ1) is 30.7. The van der Waals surface area contributed by atoms with Crippen LogP contribution in [0.15, 0.2) is 219 Å². The zero-order valence-corrected chi connectivity index (χ0v) is 33.5. The summed E-state index contributed by atoms with van der Waals surface area (Å²) in [6.45, 7) is 0. The van der Waals surface area contributed by atoms with Crippen LogP contribution in [-0.4, -0.2) is 29.1 Å². The smallest absolute Gasteiger partial charge is 0.164 e. The van der Waals surface area contributed by atoms with Crippen molar-refractivity contribution in [2.75, 3.05) is 0 Å². The number of pyridine rings is 1. The van der Waals surface area contributed by atoms with Gasteiger partial charge in [0.25, 0.3) is 0 Å². The fourth-order valence-electron chi connectivity index (χ4n) is 8.97. The summed E-state index contributed by atoms with van der Waals surface area (Å²) in [5.74, 6) is 2.76. The lowest BCUT2D eigenvalue weighted by molar-refractivity contribution is 1.07. The fraction of sp³-hybridized carbons (Fsp3) is 0. The molecule has 0 aliphatic heterocycles. The molecule has 0 radical (unpaired) electrons. The summed E-state index contributed by atoms with van der Waals surface area (Å²) in [6.07, 6.45) is 2.00. The molecule has 62 heavy (non-hydrogen) atoms. The third-order valence-electron chi connectivity index (χ3n) is 11.8. The Kier molecular flexibility index (Phi) is 8.38.